The van der Waals surface area contributed by atoms with Crippen molar-refractivity contribution in [3.8, 4) is 0 Å². The minimum absolute atomic E-state index is 0.0115. The van der Waals surface area contributed by atoms with Crippen molar-refractivity contribution in [3.63, 3.8) is 0 Å². The summed E-state index contributed by atoms with van der Waals surface area (Å²) in [7, 11) is 0. The van der Waals surface area contributed by atoms with Crippen molar-refractivity contribution >= 4 is 11.6 Å². The van der Waals surface area contributed by atoms with E-state index in [4.69, 9.17) is 11.6 Å². The highest BCUT2D eigenvalue weighted by molar-refractivity contribution is 6.31. The van der Waals surface area contributed by atoms with Gasteiger partial charge in [-0.05, 0) is 37.1 Å². The van der Waals surface area contributed by atoms with E-state index in [1.807, 2.05) is 0 Å². The molecule has 1 nitrogen and oxygen atoms in total. The predicted octanol–water partition coefficient (Wildman–Crippen LogP) is 4.46. The summed E-state index contributed by atoms with van der Waals surface area (Å²) >= 11 is 5.96. The van der Waals surface area contributed by atoms with Crippen LogP contribution in [0.5, 0.6) is 0 Å². The summed E-state index contributed by atoms with van der Waals surface area (Å²) in [5, 5.41) is 3.58. The van der Waals surface area contributed by atoms with Crippen LogP contribution in [-0.4, -0.2) is 6.54 Å². The molecule has 17 heavy (non-hydrogen) atoms. The Morgan fingerprint density at radius 2 is 1.82 bits per heavy atom. The van der Waals surface area contributed by atoms with Crippen LogP contribution in [0, 0.1) is 11.6 Å². The summed E-state index contributed by atoms with van der Waals surface area (Å²) in [4.78, 5) is 0. The van der Waals surface area contributed by atoms with Crippen LogP contribution >= 0.6 is 11.6 Å². The van der Waals surface area contributed by atoms with E-state index in [0.29, 0.717) is 5.56 Å². The van der Waals surface area contributed by atoms with Crippen LogP contribution in [0.2, 0.25) is 5.02 Å². The van der Waals surface area contributed by atoms with E-state index in [9.17, 15) is 8.78 Å². The zero-order valence-corrected chi connectivity index (χ0v) is 11.0. The maximum Gasteiger partial charge on any atom is 0.160 e. The van der Waals surface area contributed by atoms with E-state index in [-0.39, 0.29) is 11.1 Å². The molecule has 1 unspecified atom stereocenters. The molecule has 1 atom stereocenters. The minimum Gasteiger partial charge on any atom is -0.310 e. The van der Waals surface area contributed by atoms with E-state index in [2.05, 4.69) is 19.2 Å². The number of rotatable bonds is 6. The number of hydrogen-bond donors (Lipinski definition) is 1. The summed E-state index contributed by atoms with van der Waals surface area (Å²) in [6.45, 7) is 4.94. The van der Waals surface area contributed by atoms with Gasteiger partial charge in [-0.1, -0.05) is 31.9 Å². The van der Waals surface area contributed by atoms with Gasteiger partial charge in [0.25, 0.3) is 0 Å². The van der Waals surface area contributed by atoms with Crippen LogP contribution in [0.25, 0.3) is 0 Å². The lowest BCUT2D eigenvalue weighted by Gasteiger charge is -2.19. The molecule has 0 amide bonds. The fourth-order valence-electron chi connectivity index (χ4n) is 1.78. The second-order valence-electron chi connectivity index (χ2n) is 4.08. The topological polar surface area (TPSA) is 12.0 Å². The summed E-state index contributed by atoms with van der Waals surface area (Å²) < 4.78 is 26.2. The summed E-state index contributed by atoms with van der Waals surface area (Å²) in [5.74, 6) is -1.74. The molecule has 0 aliphatic heterocycles. The number of hydrogen-bond acceptors (Lipinski definition) is 1. The molecule has 0 aromatic heterocycles. The molecule has 1 aromatic carbocycles. The highest BCUT2D eigenvalue weighted by atomic mass is 35.5. The molecule has 0 heterocycles. The van der Waals surface area contributed by atoms with Crippen LogP contribution in [0.15, 0.2) is 12.1 Å². The van der Waals surface area contributed by atoms with Crippen LogP contribution in [0.1, 0.15) is 44.7 Å². The molecular formula is C13H18ClF2N. The third-order valence-corrected chi connectivity index (χ3v) is 2.96. The van der Waals surface area contributed by atoms with Crippen molar-refractivity contribution in [3.05, 3.63) is 34.4 Å². The maximum atomic E-state index is 13.2. The molecule has 0 aliphatic carbocycles. The van der Waals surface area contributed by atoms with Gasteiger partial charge in [0.1, 0.15) is 0 Å². The van der Waals surface area contributed by atoms with E-state index >= 15 is 0 Å². The molecule has 0 radical (unpaired) electrons. The molecule has 0 saturated heterocycles. The van der Waals surface area contributed by atoms with Gasteiger partial charge in [0.2, 0.25) is 0 Å². The first kappa shape index (κ1) is 14.4. The Labute approximate surface area is 106 Å². The van der Waals surface area contributed by atoms with Gasteiger partial charge in [-0.3, -0.25) is 0 Å². The summed E-state index contributed by atoms with van der Waals surface area (Å²) in [6, 6.07) is 2.23. The van der Waals surface area contributed by atoms with Crippen LogP contribution in [0.4, 0.5) is 8.78 Å². The van der Waals surface area contributed by atoms with E-state index in [1.165, 1.54) is 6.07 Å². The van der Waals surface area contributed by atoms with Crippen LogP contribution in [0.3, 0.4) is 0 Å². The fraction of sp³-hybridized carbons (Fsp3) is 0.538. The molecule has 0 saturated carbocycles. The van der Waals surface area contributed by atoms with Crippen molar-refractivity contribution in [1.29, 1.82) is 0 Å². The van der Waals surface area contributed by atoms with Crippen molar-refractivity contribution in [2.45, 2.75) is 39.2 Å². The van der Waals surface area contributed by atoms with Gasteiger partial charge in [0, 0.05) is 11.1 Å². The number of halogens is 3. The highest BCUT2D eigenvalue weighted by Gasteiger charge is 2.16. The zero-order valence-electron chi connectivity index (χ0n) is 10.2. The van der Waals surface area contributed by atoms with Gasteiger partial charge in [-0.15, -0.1) is 0 Å². The second kappa shape index (κ2) is 6.92. The smallest absolute Gasteiger partial charge is 0.160 e. The molecule has 0 spiro atoms. The Balaban J connectivity index is 2.96. The number of nitrogens with one attached hydrogen (secondary N) is 1. The lowest BCUT2D eigenvalue weighted by molar-refractivity contribution is 0.478. The molecule has 4 heteroatoms. The average Bonchev–Trinajstić information content (AvgIpc) is 2.29. The first-order valence-corrected chi connectivity index (χ1v) is 6.35. The Kier molecular flexibility index (Phi) is 5.86. The normalized spacial score (nSPS) is 12.8. The number of benzene rings is 1. The first-order chi connectivity index (χ1) is 8.10. The largest absolute Gasteiger partial charge is 0.310 e. The Hall–Kier alpha value is -0.670. The van der Waals surface area contributed by atoms with Crippen molar-refractivity contribution in [1.82, 2.24) is 5.32 Å². The zero-order chi connectivity index (χ0) is 12.8. The SMILES string of the molecule is CCCNC(CCC)c1cc(F)c(F)cc1Cl. The van der Waals surface area contributed by atoms with Crippen molar-refractivity contribution in [2.24, 2.45) is 0 Å². The maximum absolute atomic E-state index is 13.2. The van der Waals surface area contributed by atoms with Gasteiger partial charge in [-0.2, -0.15) is 0 Å². The molecule has 1 aromatic rings. The Bertz CT molecular complexity index is 369. The second-order valence-corrected chi connectivity index (χ2v) is 4.49. The third kappa shape index (κ3) is 3.93. The van der Waals surface area contributed by atoms with Gasteiger partial charge < -0.3 is 5.32 Å². The van der Waals surface area contributed by atoms with Crippen molar-refractivity contribution in [2.75, 3.05) is 6.54 Å². The van der Waals surface area contributed by atoms with E-state index in [0.717, 1.165) is 31.9 Å². The monoisotopic (exact) mass is 261 g/mol. The highest BCUT2D eigenvalue weighted by Crippen LogP contribution is 2.28. The fourth-order valence-corrected chi connectivity index (χ4v) is 2.06. The van der Waals surface area contributed by atoms with E-state index < -0.39 is 11.6 Å². The molecule has 0 fully saturated rings. The molecule has 0 bridgehead atoms. The standard InChI is InChI=1S/C13H18ClF2N/c1-3-5-13(17-6-4-2)9-7-11(15)12(16)8-10(9)14/h7-8,13,17H,3-6H2,1-2H3. The minimum atomic E-state index is -0.899. The van der Waals surface area contributed by atoms with Gasteiger partial charge in [0.05, 0.1) is 0 Å². The van der Waals surface area contributed by atoms with E-state index in [1.54, 1.807) is 0 Å². The van der Waals surface area contributed by atoms with Crippen LogP contribution < -0.4 is 5.32 Å². The first-order valence-electron chi connectivity index (χ1n) is 5.98. The van der Waals surface area contributed by atoms with Gasteiger partial charge in [0.15, 0.2) is 11.6 Å². The lowest BCUT2D eigenvalue weighted by Crippen LogP contribution is -2.22. The predicted molar refractivity (Wildman–Crippen MR) is 67.3 cm³/mol. The lowest BCUT2D eigenvalue weighted by atomic mass is 10.0. The quantitative estimate of drug-likeness (QED) is 0.746. The van der Waals surface area contributed by atoms with Crippen LogP contribution in [-0.2, 0) is 0 Å². The molecule has 0 aliphatic rings. The third-order valence-electron chi connectivity index (χ3n) is 2.63. The summed E-state index contributed by atoms with van der Waals surface area (Å²) in [5.41, 5.74) is 0.640. The van der Waals surface area contributed by atoms with Gasteiger partial charge >= 0.3 is 0 Å². The average molecular weight is 262 g/mol. The van der Waals surface area contributed by atoms with Crippen molar-refractivity contribution < 1.29 is 8.78 Å². The molecule has 1 N–H and O–H groups in total. The molecule has 96 valence electrons. The molecular weight excluding hydrogens is 244 g/mol. The summed E-state index contributed by atoms with van der Waals surface area (Å²) in [6.07, 6.45) is 2.79. The molecule has 1 rings (SSSR count). The Morgan fingerprint density at radius 3 is 2.41 bits per heavy atom. The Morgan fingerprint density at radius 1 is 1.18 bits per heavy atom. The van der Waals surface area contributed by atoms with Gasteiger partial charge in [-0.25, -0.2) is 8.78 Å².